The molecule has 1 aliphatic carbocycles. The number of amides is 1. The SMILES string of the molecule is CCc1noc(C)c1CN1CCC([C@H](O)C(=O)NC2CC2)CC1. The Hall–Kier alpha value is -1.40. The zero-order valence-corrected chi connectivity index (χ0v) is 14.0. The minimum absolute atomic E-state index is 0.0687. The van der Waals surface area contributed by atoms with Crippen LogP contribution in [0.2, 0.25) is 0 Å². The van der Waals surface area contributed by atoms with E-state index in [2.05, 4.69) is 22.3 Å². The van der Waals surface area contributed by atoms with Crippen LogP contribution in [0.1, 0.15) is 49.6 Å². The summed E-state index contributed by atoms with van der Waals surface area (Å²) in [6, 6.07) is 0.307. The van der Waals surface area contributed by atoms with Crippen molar-refractivity contribution in [3.8, 4) is 0 Å². The average molecular weight is 321 g/mol. The van der Waals surface area contributed by atoms with Crippen LogP contribution < -0.4 is 5.32 Å². The number of nitrogens with zero attached hydrogens (tertiary/aromatic N) is 2. The fraction of sp³-hybridized carbons (Fsp3) is 0.765. The fourth-order valence-electron chi connectivity index (χ4n) is 3.30. The lowest BCUT2D eigenvalue weighted by molar-refractivity contribution is -0.133. The molecule has 1 atom stereocenters. The molecule has 23 heavy (non-hydrogen) atoms. The van der Waals surface area contributed by atoms with Gasteiger partial charge in [0.05, 0.1) is 5.69 Å². The zero-order valence-electron chi connectivity index (χ0n) is 14.0. The first-order chi connectivity index (χ1) is 11.1. The highest BCUT2D eigenvalue weighted by atomic mass is 16.5. The molecule has 2 N–H and O–H groups in total. The summed E-state index contributed by atoms with van der Waals surface area (Å²) in [4.78, 5) is 14.3. The van der Waals surface area contributed by atoms with Crippen molar-refractivity contribution in [3.63, 3.8) is 0 Å². The second kappa shape index (κ2) is 7.01. The molecule has 1 saturated carbocycles. The molecule has 0 aromatic carbocycles. The Kier molecular flexibility index (Phi) is 5.02. The maximum absolute atomic E-state index is 12.0. The Labute approximate surface area is 137 Å². The highest BCUT2D eigenvalue weighted by molar-refractivity contribution is 5.81. The Morgan fingerprint density at radius 1 is 1.39 bits per heavy atom. The Balaban J connectivity index is 1.49. The van der Waals surface area contributed by atoms with Crippen LogP contribution in [0.15, 0.2) is 4.52 Å². The molecular formula is C17H27N3O3. The minimum Gasteiger partial charge on any atom is -0.383 e. The number of likely N-dealkylation sites (tertiary alicyclic amines) is 1. The highest BCUT2D eigenvalue weighted by Gasteiger charge is 2.33. The molecule has 1 aliphatic heterocycles. The molecule has 2 aliphatic rings. The molecule has 2 fully saturated rings. The summed E-state index contributed by atoms with van der Waals surface area (Å²) < 4.78 is 5.29. The third-order valence-corrected chi connectivity index (χ3v) is 5.05. The number of aromatic nitrogens is 1. The number of carbonyl (C=O) groups excluding carboxylic acids is 1. The van der Waals surface area contributed by atoms with Gasteiger partial charge in [0.2, 0.25) is 5.91 Å². The van der Waals surface area contributed by atoms with E-state index >= 15 is 0 Å². The van der Waals surface area contributed by atoms with Crippen molar-refractivity contribution >= 4 is 5.91 Å². The lowest BCUT2D eigenvalue weighted by Gasteiger charge is -2.33. The van der Waals surface area contributed by atoms with Crippen LogP contribution in [0.25, 0.3) is 0 Å². The second-order valence-corrected chi connectivity index (χ2v) is 6.86. The van der Waals surface area contributed by atoms with Crippen molar-refractivity contribution in [2.75, 3.05) is 13.1 Å². The smallest absolute Gasteiger partial charge is 0.249 e. The summed E-state index contributed by atoms with van der Waals surface area (Å²) in [5.74, 6) is 0.779. The molecule has 128 valence electrons. The van der Waals surface area contributed by atoms with E-state index in [0.29, 0.717) is 6.04 Å². The summed E-state index contributed by atoms with van der Waals surface area (Å²) in [6.45, 7) is 6.68. The number of hydrogen-bond donors (Lipinski definition) is 2. The molecule has 1 aromatic rings. The van der Waals surface area contributed by atoms with Crippen LogP contribution in [0.3, 0.4) is 0 Å². The van der Waals surface area contributed by atoms with Crippen molar-refractivity contribution in [2.24, 2.45) is 5.92 Å². The quantitative estimate of drug-likeness (QED) is 0.828. The minimum atomic E-state index is -0.860. The van der Waals surface area contributed by atoms with Gasteiger partial charge in [-0.25, -0.2) is 0 Å². The van der Waals surface area contributed by atoms with Crippen molar-refractivity contribution in [1.82, 2.24) is 15.4 Å². The lowest BCUT2D eigenvalue weighted by Crippen LogP contribution is -2.45. The van der Waals surface area contributed by atoms with Crippen LogP contribution >= 0.6 is 0 Å². The van der Waals surface area contributed by atoms with Crippen LogP contribution in [0.4, 0.5) is 0 Å². The van der Waals surface area contributed by atoms with Crippen LogP contribution in [0.5, 0.6) is 0 Å². The molecule has 6 heteroatoms. The Morgan fingerprint density at radius 3 is 2.70 bits per heavy atom. The monoisotopic (exact) mass is 321 g/mol. The molecule has 3 rings (SSSR count). The standard InChI is InChI=1S/C17H27N3O3/c1-3-15-14(11(2)23-19-15)10-20-8-6-12(7-9-20)16(21)17(22)18-13-4-5-13/h12-13,16,21H,3-10H2,1-2H3,(H,18,22)/t16-/m0/s1. The molecule has 6 nitrogen and oxygen atoms in total. The van der Waals surface area contributed by atoms with Crippen molar-refractivity contribution in [1.29, 1.82) is 0 Å². The fourth-order valence-corrected chi connectivity index (χ4v) is 3.30. The first-order valence-corrected chi connectivity index (χ1v) is 8.73. The number of carbonyl (C=O) groups is 1. The van der Waals surface area contributed by atoms with E-state index in [1.54, 1.807) is 0 Å². The van der Waals surface area contributed by atoms with E-state index in [1.807, 2.05) is 6.92 Å². The molecule has 0 spiro atoms. The van der Waals surface area contributed by atoms with Crippen LogP contribution in [-0.2, 0) is 17.8 Å². The maximum Gasteiger partial charge on any atom is 0.249 e. The molecule has 1 saturated heterocycles. The summed E-state index contributed by atoms with van der Waals surface area (Å²) in [7, 11) is 0. The van der Waals surface area contributed by atoms with Gasteiger partial charge in [-0.1, -0.05) is 12.1 Å². The van der Waals surface area contributed by atoms with Gasteiger partial charge in [-0.2, -0.15) is 0 Å². The van der Waals surface area contributed by atoms with E-state index in [1.165, 1.54) is 5.56 Å². The average Bonchev–Trinajstić information content (AvgIpc) is 3.31. The van der Waals surface area contributed by atoms with Gasteiger partial charge in [-0.15, -0.1) is 0 Å². The lowest BCUT2D eigenvalue weighted by atomic mass is 9.90. The van der Waals surface area contributed by atoms with Crippen LogP contribution in [-0.4, -0.2) is 46.3 Å². The third kappa shape index (κ3) is 3.93. The van der Waals surface area contributed by atoms with E-state index in [4.69, 9.17) is 4.52 Å². The van der Waals surface area contributed by atoms with Gasteiger partial charge in [0, 0.05) is 18.2 Å². The number of aliphatic hydroxyl groups excluding tert-OH is 1. The van der Waals surface area contributed by atoms with Crippen molar-refractivity contribution in [2.45, 2.75) is 64.6 Å². The van der Waals surface area contributed by atoms with Gasteiger partial charge in [-0.05, 0) is 58.0 Å². The molecule has 1 aromatic heterocycles. The first kappa shape index (κ1) is 16.5. The van der Waals surface area contributed by atoms with E-state index in [9.17, 15) is 9.90 Å². The number of rotatable bonds is 6. The van der Waals surface area contributed by atoms with Crippen molar-refractivity contribution < 1.29 is 14.4 Å². The largest absolute Gasteiger partial charge is 0.383 e. The van der Waals surface area contributed by atoms with Crippen molar-refractivity contribution in [3.05, 3.63) is 17.0 Å². The summed E-state index contributed by atoms with van der Waals surface area (Å²) in [6.07, 6.45) is 3.82. The molecule has 2 heterocycles. The van der Waals surface area contributed by atoms with Gasteiger partial charge in [-0.3, -0.25) is 9.69 Å². The topological polar surface area (TPSA) is 78.6 Å². The molecule has 0 unspecified atom stereocenters. The molecule has 0 bridgehead atoms. The zero-order chi connectivity index (χ0) is 16.4. The molecule has 0 radical (unpaired) electrons. The first-order valence-electron chi connectivity index (χ1n) is 8.73. The number of aryl methyl sites for hydroxylation is 2. The number of nitrogens with one attached hydrogen (secondary N) is 1. The second-order valence-electron chi connectivity index (χ2n) is 6.86. The van der Waals surface area contributed by atoms with Gasteiger partial charge in [0.15, 0.2) is 0 Å². The van der Waals surface area contributed by atoms with Gasteiger partial charge in [0.25, 0.3) is 0 Å². The van der Waals surface area contributed by atoms with E-state index in [-0.39, 0.29) is 11.8 Å². The normalized spacial score (nSPS) is 21.3. The summed E-state index contributed by atoms with van der Waals surface area (Å²) in [5.41, 5.74) is 2.23. The molecular weight excluding hydrogens is 294 g/mol. The van der Waals surface area contributed by atoms with Gasteiger partial charge < -0.3 is 14.9 Å². The maximum atomic E-state index is 12.0. The van der Waals surface area contributed by atoms with E-state index < -0.39 is 6.10 Å². The third-order valence-electron chi connectivity index (χ3n) is 5.05. The Bertz CT molecular complexity index is 545. The predicted octanol–water partition coefficient (Wildman–Crippen LogP) is 1.40. The molecule has 1 amide bonds. The Morgan fingerprint density at radius 2 is 2.09 bits per heavy atom. The number of aliphatic hydroxyl groups is 1. The summed E-state index contributed by atoms with van der Waals surface area (Å²) in [5, 5.41) is 17.2. The number of piperidine rings is 1. The van der Waals surface area contributed by atoms with Gasteiger partial charge >= 0.3 is 0 Å². The number of hydrogen-bond acceptors (Lipinski definition) is 5. The predicted molar refractivity (Wildman–Crippen MR) is 85.8 cm³/mol. The van der Waals surface area contributed by atoms with Crippen LogP contribution in [0, 0.1) is 12.8 Å². The summed E-state index contributed by atoms with van der Waals surface area (Å²) >= 11 is 0. The van der Waals surface area contributed by atoms with Gasteiger partial charge in [0.1, 0.15) is 11.9 Å². The highest BCUT2D eigenvalue weighted by Crippen LogP contribution is 2.25. The van der Waals surface area contributed by atoms with E-state index in [0.717, 1.165) is 63.2 Å².